The second kappa shape index (κ2) is 6.15. The maximum absolute atomic E-state index is 6.09. The Labute approximate surface area is 121 Å². The summed E-state index contributed by atoms with van der Waals surface area (Å²) in [6.07, 6.45) is 7.49. The molecule has 1 spiro atoms. The first kappa shape index (κ1) is 13.9. The number of hydrogen-bond donors (Lipinski definition) is 1. The van der Waals surface area contributed by atoms with Gasteiger partial charge >= 0.3 is 0 Å². The Hall–Kier alpha value is -1.06. The summed E-state index contributed by atoms with van der Waals surface area (Å²) >= 11 is 0. The topological polar surface area (TPSA) is 30.5 Å². The van der Waals surface area contributed by atoms with Crippen LogP contribution in [0.4, 0.5) is 0 Å². The third-order valence-electron chi connectivity index (χ3n) is 4.74. The van der Waals surface area contributed by atoms with E-state index in [2.05, 4.69) is 23.5 Å². The van der Waals surface area contributed by atoms with Crippen LogP contribution in [0.2, 0.25) is 0 Å². The predicted molar refractivity (Wildman–Crippen MR) is 80.0 cm³/mol. The molecule has 0 aromatic heterocycles. The summed E-state index contributed by atoms with van der Waals surface area (Å²) in [7, 11) is 1.72. The Morgan fingerprint density at radius 1 is 1.35 bits per heavy atom. The minimum absolute atomic E-state index is 0.199. The van der Waals surface area contributed by atoms with Crippen LogP contribution in [0.15, 0.2) is 24.3 Å². The van der Waals surface area contributed by atoms with Gasteiger partial charge in [-0.3, -0.25) is 0 Å². The molecule has 1 atom stereocenters. The molecule has 1 N–H and O–H groups in total. The molecular weight excluding hydrogens is 250 g/mol. The van der Waals surface area contributed by atoms with Crippen LogP contribution < -0.4 is 10.1 Å². The monoisotopic (exact) mass is 275 g/mol. The van der Waals surface area contributed by atoms with Crippen LogP contribution in [0.25, 0.3) is 0 Å². The minimum atomic E-state index is 0.199. The Bertz CT molecular complexity index is 440. The SMILES string of the molecule is COc1cccc(CNC2CCOC3(CCCC3)C2)c1. The van der Waals surface area contributed by atoms with Crippen LogP contribution in [0.3, 0.4) is 0 Å². The molecule has 3 nitrogen and oxygen atoms in total. The molecule has 1 saturated carbocycles. The van der Waals surface area contributed by atoms with E-state index in [1.165, 1.54) is 37.7 Å². The summed E-state index contributed by atoms with van der Waals surface area (Å²) in [5.74, 6) is 0.934. The fourth-order valence-electron chi connectivity index (χ4n) is 3.61. The second-order valence-corrected chi connectivity index (χ2v) is 6.16. The number of benzene rings is 1. The van der Waals surface area contributed by atoms with E-state index in [4.69, 9.17) is 9.47 Å². The Morgan fingerprint density at radius 2 is 2.20 bits per heavy atom. The zero-order chi connectivity index (χ0) is 13.8. The van der Waals surface area contributed by atoms with Crippen molar-refractivity contribution in [2.24, 2.45) is 0 Å². The molecule has 2 fully saturated rings. The van der Waals surface area contributed by atoms with E-state index in [1.807, 2.05) is 6.07 Å². The molecule has 110 valence electrons. The van der Waals surface area contributed by atoms with Crippen molar-refractivity contribution < 1.29 is 9.47 Å². The smallest absolute Gasteiger partial charge is 0.119 e. The van der Waals surface area contributed by atoms with Crippen molar-refractivity contribution in [3.05, 3.63) is 29.8 Å². The van der Waals surface area contributed by atoms with Crippen LogP contribution in [0.5, 0.6) is 5.75 Å². The van der Waals surface area contributed by atoms with Crippen LogP contribution in [0, 0.1) is 0 Å². The molecular formula is C17H25NO2. The van der Waals surface area contributed by atoms with E-state index in [0.29, 0.717) is 6.04 Å². The van der Waals surface area contributed by atoms with Gasteiger partial charge in [-0.05, 0) is 43.4 Å². The number of nitrogens with one attached hydrogen (secondary N) is 1. The van der Waals surface area contributed by atoms with Crippen molar-refractivity contribution in [3.8, 4) is 5.75 Å². The highest BCUT2D eigenvalue weighted by Gasteiger charge is 2.39. The maximum Gasteiger partial charge on any atom is 0.119 e. The molecule has 1 aliphatic heterocycles. The zero-order valence-corrected chi connectivity index (χ0v) is 12.4. The van der Waals surface area contributed by atoms with Gasteiger partial charge in [0.2, 0.25) is 0 Å². The molecule has 0 radical (unpaired) electrons. The zero-order valence-electron chi connectivity index (χ0n) is 12.4. The van der Waals surface area contributed by atoms with Crippen molar-refractivity contribution >= 4 is 0 Å². The van der Waals surface area contributed by atoms with Crippen LogP contribution in [-0.4, -0.2) is 25.4 Å². The van der Waals surface area contributed by atoms with Crippen molar-refractivity contribution in [1.82, 2.24) is 5.32 Å². The molecule has 1 aliphatic carbocycles. The van der Waals surface area contributed by atoms with Crippen molar-refractivity contribution in [1.29, 1.82) is 0 Å². The lowest BCUT2D eigenvalue weighted by atomic mass is 9.89. The van der Waals surface area contributed by atoms with Crippen molar-refractivity contribution in [3.63, 3.8) is 0 Å². The van der Waals surface area contributed by atoms with E-state index < -0.39 is 0 Å². The Kier molecular flexibility index (Phi) is 4.27. The molecule has 1 saturated heterocycles. The molecule has 0 amide bonds. The lowest BCUT2D eigenvalue weighted by Gasteiger charge is -2.38. The van der Waals surface area contributed by atoms with Gasteiger partial charge in [0.15, 0.2) is 0 Å². The number of rotatable bonds is 4. The molecule has 1 aromatic rings. The Balaban J connectivity index is 1.55. The molecule has 1 aromatic carbocycles. The summed E-state index contributed by atoms with van der Waals surface area (Å²) in [6, 6.07) is 8.90. The molecule has 0 bridgehead atoms. The molecule has 20 heavy (non-hydrogen) atoms. The maximum atomic E-state index is 6.09. The van der Waals surface area contributed by atoms with E-state index >= 15 is 0 Å². The lowest BCUT2D eigenvalue weighted by molar-refractivity contribution is -0.0837. The average Bonchev–Trinajstić information content (AvgIpc) is 2.93. The molecule has 3 heteroatoms. The van der Waals surface area contributed by atoms with Crippen LogP contribution in [0.1, 0.15) is 44.1 Å². The lowest BCUT2D eigenvalue weighted by Crippen LogP contribution is -2.45. The molecule has 2 aliphatic rings. The highest BCUT2D eigenvalue weighted by molar-refractivity contribution is 5.28. The normalized spacial score (nSPS) is 24.9. The summed E-state index contributed by atoms with van der Waals surface area (Å²) in [5, 5.41) is 3.70. The molecule has 1 unspecified atom stereocenters. The largest absolute Gasteiger partial charge is 0.497 e. The van der Waals surface area contributed by atoms with E-state index in [-0.39, 0.29) is 5.60 Å². The van der Waals surface area contributed by atoms with Crippen LogP contribution in [-0.2, 0) is 11.3 Å². The quantitative estimate of drug-likeness (QED) is 0.914. The highest BCUT2D eigenvalue weighted by Crippen LogP contribution is 2.40. The van der Waals surface area contributed by atoms with Gasteiger partial charge in [0, 0.05) is 19.2 Å². The minimum Gasteiger partial charge on any atom is -0.497 e. The standard InChI is InChI=1S/C17H25NO2/c1-19-16-6-4-5-14(11-16)13-18-15-7-10-20-17(12-15)8-2-3-9-17/h4-6,11,15,18H,2-3,7-10,12-13H2,1H3. The van der Waals surface area contributed by atoms with Gasteiger partial charge in [0.1, 0.15) is 5.75 Å². The van der Waals surface area contributed by atoms with Gasteiger partial charge in [-0.1, -0.05) is 25.0 Å². The van der Waals surface area contributed by atoms with Gasteiger partial charge in [-0.15, -0.1) is 0 Å². The third kappa shape index (κ3) is 3.15. The van der Waals surface area contributed by atoms with Gasteiger partial charge in [-0.2, -0.15) is 0 Å². The predicted octanol–water partition coefficient (Wildman–Crippen LogP) is 3.28. The van der Waals surface area contributed by atoms with Gasteiger partial charge < -0.3 is 14.8 Å². The van der Waals surface area contributed by atoms with E-state index in [1.54, 1.807) is 7.11 Å². The van der Waals surface area contributed by atoms with E-state index in [0.717, 1.165) is 25.3 Å². The third-order valence-corrected chi connectivity index (χ3v) is 4.74. The summed E-state index contributed by atoms with van der Waals surface area (Å²) in [4.78, 5) is 0. The first-order valence-electron chi connectivity index (χ1n) is 7.80. The Morgan fingerprint density at radius 3 is 3.00 bits per heavy atom. The first-order chi connectivity index (χ1) is 9.80. The number of methoxy groups -OCH3 is 1. The van der Waals surface area contributed by atoms with Gasteiger partial charge in [0.05, 0.1) is 12.7 Å². The first-order valence-corrected chi connectivity index (χ1v) is 7.80. The van der Waals surface area contributed by atoms with Crippen LogP contribution >= 0.6 is 0 Å². The van der Waals surface area contributed by atoms with Crippen molar-refractivity contribution in [2.45, 2.75) is 56.7 Å². The summed E-state index contributed by atoms with van der Waals surface area (Å²) in [6.45, 7) is 1.83. The molecule has 3 rings (SSSR count). The average molecular weight is 275 g/mol. The second-order valence-electron chi connectivity index (χ2n) is 6.16. The van der Waals surface area contributed by atoms with Crippen molar-refractivity contribution in [2.75, 3.05) is 13.7 Å². The van der Waals surface area contributed by atoms with Gasteiger partial charge in [0.25, 0.3) is 0 Å². The number of hydrogen-bond acceptors (Lipinski definition) is 3. The fraction of sp³-hybridized carbons (Fsp3) is 0.647. The highest BCUT2D eigenvalue weighted by atomic mass is 16.5. The van der Waals surface area contributed by atoms with Gasteiger partial charge in [-0.25, -0.2) is 0 Å². The number of ether oxygens (including phenoxy) is 2. The molecule has 1 heterocycles. The van der Waals surface area contributed by atoms with E-state index in [9.17, 15) is 0 Å². The summed E-state index contributed by atoms with van der Waals surface area (Å²) in [5.41, 5.74) is 1.49. The fourth-order valence-corrected chi connectivity index (χ4v) is 3.61. The summed E-state index contributed by atoms with van der Waals surface area (Å²) < 4.78 is 11.4.